The van der Waals surface area contributed by atoms with Crippen molar-refractivity contribution < 1.29 is 23.8 Å². The number of carbonyl (C=O) groups is 1. The smallest absolute Gasteiger partial charge is 0.407 e. The monoisotopic (exact) mass is 385 g/mol. The van der Waals surface area contributed by atoms with Crippen molar-refractivity contribution >= 4 is 6.09 Å². The lowest BCUT2D eigenvalue weighted by molar-refractivity contribution is 0.0439. The first-order valence-electron chi connectivity index (χ1n) is 9.09. The van der Waals surface area contributed by atoms with Crippen LogP contribution in [0.4, 0.5) is 13.6 Å². The molecule has 0 bridgehead atoms. The van der Waals surface area contributed by atoms with E-state index in [-0.39, 0.29) is 30.5 Å². The molecule has 6 nitrogen and oxygen atoms in total. The minimum atomic E-state index is -1.06. The molecular formula is C19H29F2N3O3. The Morgan fingerprint density at radius 1 is 1.33 bits per heavy atom. The van der Waals surface area contributed by atoms with Gasteiger partial charge in [0.25, 0.3) is 0 Å². The van der Waals surface area contributed by atoms with Crippen LogP contribution in [0, 0.1) is 11.6 Å². The molecule has 0 saturated carbocycles. The Bertz CT molecular complexity index is 666. The van der Waals surface area contributed by atoms with Gasteiger partial charge in [0, 0.05) is 36.5 Å². The third-order valence-electron chi connectivity index (χ3n) is 4.91. The van der Waals surface area contributed by atoms with Crippen LogP contribution in [0.25, 0.3) is 0 Å². The quantitative estimate of drug-likeness (QED) is 0.585. The molecule has 2 rings (SSSR count). The Balaban J connectivity index is 2.37. The van der Waals surface area contributed by atoms with E-state index >= 15 is 0 Å². The molecule has 4 atom stereocenters. The lowest BCUT2D eigenvalue weighted by Gasteiger charge is -2.46. The van der Waals surface area contributed by atoms with Crippen molar-refractivity contribution in [2.45, 2.75) is 63.4 Å². The standard InChI is InChI=1S/C19H29F2N3O3/c1-19(2,3)23-16-10-24(18(26)27)12(9-17(25)22-4)8-13(16)11-5-6-14(20)15(21)7-11/h5-7,12-13,16-17,22-23,25H,8-10H2,1-4H3,(H,26,27)/t12-,13-,16+,17-/m0/s1. The van der Waals surface area contributed by atoms with Gasteiger partial charge in [-0.1, -0.05) is 6.07 Å². The van der Waals surface area contributed by atoms with Crippen molar-refractivity contribution in [2.75, 3.05) is 13.6 Å². The number of aliphatic hydroxyl groups is 1. The zero-order chi connectivity index (χ0) is 20.4. The number of benzene rings is 1. The number of piperidine rings is 1. The van der Waals surface area contributed by atoms with Gasteiger partial charge in [-0.2, -0.15) is 0 Å². The van der Waals surface area contributed by atoms with Gasteiger partial charge in [-0.3, -0.25) is 5.32 Å². The highest BCUT2D eigenvalue weighted by atomic mass is 19.2. The number of nitrogens with zero attached hydrogens (tertiary/aromatic N) is 1. The van der Waals surface area contributed by atoms with Crippen molar-refractivity contribution in [3.8, 4) is 0 Å². The lowest BCUT2D eigenvalue weighted by atomic mass is 9.79. The summed E-state index contributed by atoms with van der Waals surface area (Å²) in [5.74, 6) is -2.05. The van der Waals surface area contributed by atoms with E-state index in [4.69, 9.17) is 0 Å². The molecule has 1 aromatic rings. The normalized spacial score (nSPS) is 24.7. The fourth-order valence-corrected chi connectivity index (χ4v) is 3.72. The zero-order valence-corrected chi connectivity index (χ0v) is 16.2. The van der Waals surface area contributed by atoms with E-state index in [1.54, 1.807) is 13.1 Å². The Labute approximate surface area is 158 Å². The summed E-state index contributed by atoms with van der Waals surface area (Å²) in [5.41, 5.74) is 0.327. The van der Waals surface area contributed by atoms with Crippen molar-refractivity contribution in [3.63, 3.8) is 0 Å². The van der Waals surface area contributed by atoms with Crippen LogP contribution in [-0.2, 0) is 0 Å². The summed E-state index contributed by atoms with van der Waals surface area (Å²) in [6, 6.07) is 3.11. The van der Waals surface area contributed by atoms with Crippen LogP contribution in [0.1, 0.15) is 45.1 Å². The summed E-state index contributed by atoms with van der Waals surface area (Å²) in [5, 5.41) is 25.7. The fraction of sp³-hybridized carbons (Fsp3) is 0.632. The predicted molar refractivity (Wildman–Crippen MR) is 98.6 cm³/mol. The molecule has 152 valence electrons. The van der Waals surface area contributed by atoms with Crippen LogP contribution in [0.5, 0.6) is 0 Å². The van der Waals surface area contributed by atoms with Gasteiger partial charge in [-0.25, -0.2) is 13.6 Å². The van der Waals surface area contributed by atoms with Crippen molar-refractivity contribution in [1.29, 1.82) is 0 Å². The first kappa shape index (κ1) is 21.5. The zero-order valence-electron chi connectivity index (χ0n) is 16.2. The molecule has 1 aromatic carbocycles. The number of hydrogen-bond acceptors (Lipinski definition) is 4. The minimum Gasteiger partial charge on any atom is -0.465 e. The largest absolute Gasteiger partial charge is 0.465 e. The minimum absolute atomic E-state index is 0.192. The second-order valence-corrected chi connectivity index (χ2v) is 8.15. The van der Waals surface area contributed by atoms with E-state index in [0.29, 0.717) is 12.0 Å². The molecule has 1 amide bonds. The SMILES string of the molecule is CN[C@@H](O)C[C@@H]1C[C@@H](c2ccc(F)c(F)c2)[C@H](NC(C)(C)C)CN1C(=O)O. The van der Waals surface area contributed by atoms with Crippen molar-refractivity contribution in [3.05, 3.63) is 35.4 Å². The molecule has 0 aromatic heterocycles. The van der Waals surface area contributed by atoms with Crippen LogP contribution >= 0.6 is 0 Å². The summed E-state index contributed by atoms with van der Waals surface area (Å²) < 4.78 is 27.2. The van der Waals surface area contributed by atoms with Crippen molar-refractivity contribution in [1.82, 2.24) is 15.5 Å². The van der Waals surface area contributed by atoms with Gasteiger partial charge >= 0.3 is 6.09 Å². The maximum Gasteiger partial charge on any atom is 0.407 e. The molecule has 1 fully saturated rings. The highest BCUT2D eigenvalue weighted by Crippen LogP contribution is 2.35. The summed E-state index contributed by atoms with van der Waals surface area (Å²) >= 11 is 0. The molecule has 0 spiro atoms. The van der Waals surface area contributed by atoms with Crippen LogP contribution < -0.4 is 10.6 Å². The first-order chi connectivity index (χ1) is 12.5. The van der Waals surface area contributed by atoms with Gasteiger partial charge in [-0.05, 0) is 51.9 Å². The number of hydrogen-bond donors (Lipinski definition) is 4. The van der Waals surface area contributed by atoms with Gasteiger partial charge in [0.15, 0.2) is 11.6 Å². The molecule has 1 aliphatic rings. The number of likely N-dealkylation sites (tertiary alicyclic amines) is 1. The Kier molecular flexibility index (Phi) is 6.77. The van der Waals surface area contributed by atoms with Crippen molar-refractivity contribution in [2.24, 2.45) is 0 Å². The van der Waals surface area contributed by atoms with Gasteiger partial charge in [0.05, 0.1) is 0 Å². The van der Waals surface area contributed by atoms with E-state index in [0.717, 1.165) is 6.07 Å². The Morgan fingerprint density at radius 3 is 2.52 bits per heavy atom. The number of nitrogens with one attached hydrogen (secondary N) is 2. The summed E-state index contributed by atoms with van der Waals surface area (Å²) in [6.07, 6.45) is -1.31. The average molecular weight is 385 g/mol. The maximum absolute atomic E-state index is 13.8. The number of carboxylic acid groups (broad SMARTS) is 1. The molecule has 0 radical (unpaired) electrons. The summed E-state index contributed by atoms with van der Waals surface area (Å²) in [7, 11) is 1.59. The third-order valence-corrected chi connectivity index (χ3v) is 4.91. The van der Waals surface area contributed by atoms with Crippen LogP contribution in [0.2, 0.25) is 0 Å². The lowest BCUT2D eigenvalue weighted by Crippen LogP contribution is -2.59. The summed E-state index contributed by atoms with van der Waals surface area (Å²) in [6.45, 7) is 6.10. The molecule has 8 heteroatoms. The van der Waals surface area contributed by atoms with E-state index in [9.17, 15) is 23.8 Å². The maximum atomic E-state index is 13.8. The van der Waals surface area contributed by atoms with Gasteiger partial charge < -0.3 is 20.4 Å². The van der Waals surface area contributed by atoms with E-state index in [1.807, 2.05) is 20.8 Å². The molecular weight excluding hydrogens is 356 g/mol. The topological polar surface area (TPSA) is 84.8 Å². The molecule has 1 saturated heterocycles. The first-order valence-corrected chi connectivity index (χ1v) is 9.09. The highest BCUT2D eigenvalue weighted by Gasteiger charge is 2.40. The van der Waals surface area contributed by atoms with E-state index in [2.05, 4.69) is 10.6 Å². The fourth-order valence-electron chi connectivity index (χ4n) is 3.72. The second-order valence-electron chi connectivity index (χ2n) is 8.15. The molecule has 27 heavy (non-hydrogen) atoms. The number of halogens is 2. The number of rotatable bonds is 5. The van der Waals surface area contributed by atoms with Crippen LogP contribution in [0.3, 0.4) is 0 Å². The van der Waals surface area contributed by atoms with E-state index in [1.165, 1.54) is 11.0 Å². The molecule has 4 N–H and O–H groups in total. The average Bonchev–Trinajstić information content (AvgIpc) is 2.56. The van der Waals surface area contributed by atoms with Crippen LogP contribution in [-0.4, -0.2) is 58.6 Å². The second kappa shape index (κ2) is 8.50. The Morgan fingerprint density at radius 2 is 2.00 bits per heavy atom. The summed E-state index contributed by atoms with van der Waals surface area (Å²) in [4.78, 5) is 13.1. The molecule has 0 aliphatic carbocycles. The van der Waals surface area contributed by atoms with Crippen LogP contribution in [0.15, 0.2) is 18.2 Å². The predicted octanol–water partition coefficient (Wildman–Crippen LogP) is 2.49. The Hall–Kier alpha value is -1.77. The molecule has 1 aliphatic heterocycles. The van der Waals surface area contributed by atoms with E-state index < -0.39 is 30.0 Å². The highest BCUT2D eigenvalue weighted by molar-refractivity contribution is 5.66. The number of amides is 1. The third kappa shape index (κ3) is 5.60. The molecule has 0 unspecified atom stereocenters. The van der Waals surface area contributed by atoms with Gasteiger partial charge in [-0.15, -0.1) is 0 Å². The van der Waals surface area contributed by atoms with Gasteiger partial charge in [0.1, 0.15) is 6.23 Å². The molecule has 1 heterocycles. The van der Waals surface area contributed by atoms with Gasteiger partial charge in [0.2, 0.25) is 0 Å². The number of aliphatic hydroxyl groups excluding tert-OH is 1.